The second-order valence-electron chi connectivity index (χ2n) is 5.10. The van der Waals surface area contributed by atoms with E-state index in [1.807, 2.05) is 5.92 Å². The summed E-state index contributed by atoms with van der Waals surface area (Å²) in [5.41, 5.74) is 2.99. The topological polar surface area (TPSA) is 166 Å². The molecule has 24 heavy (non-hydrogen) atoms. The van der Waals surface area contributed by atoms with Crippen molar-refractivity contribution in [2.45, 2.75) is 24.0 Å². The van der Waals surface area contributed by atoms with Crippen LogP contribution in [-0.4, -0.2) is 45.4 Å². The van der Waals surface area contributed by atoms with Gasteiger partial charge in [-0.25, -0.2) is 0 Å². The highest BCUT2D eigenvalue weighted by Gasteiger charge is 2.59. The number of rotatable bonds is 5. The van der Waals surface area contributed by atoms with Crippen LogP contribution in [0.2, 0.25) is 0 Å². The van der Waals surface area contributed by atoms with Gasteiger partial charge in [-0.05, 0) is 6.07 Å². The molecule has 0 bridgehead atoms. The van der Waals surface area contributed by atoms with E-state index in [1.54, 1.807) is 0 Å². The van der Waals surface area contributed by atoms with Gasteiger partial charge in [0, 0.05) is 6.07 Å². The van der Waals surface area contributed by atoms with Crippen molar-refractivity contribution >= 4 is 13.7 Å². The third-order valence-corrected chi connectivity index (χ3v) is 4.01. The van der Waals surface area contributed by atoms with Gasteiger partial charge < -0.3 is 35.0 Å². The number of hydrogen-bond acceptors (Lipinski definition) is 7. The van der Waals surface area contributed by atoms with Crippen LogP contribution in [0.5, 0.6) is 0 Å². The van der Waals surface area contributed by atoms with Crippen LogP contribution in [0.25, 0.3) is 0 Å². The van der Waals surface area contributed by atoms with Crippen molar-refractivity contribution < 1.29 is 43.2 Å². The molecule has 5 N–H and O–H groups in total. The number of carbonyl (C=O) groups excluding carboxylic acids is 1. The van der Waals surface area contributed by atoms with Crippen molar-refractivity contribution in [2.75, 3.05) is 6.61 Å². The molecule has 0 saturated carbocycles. The number of nitrogens with zero attached hydrogens (tertiary/aromatic N) is 1. The zero-order valence-corrected chi connectivity index (χ0v) is 13.1. The molecule has 1 unspecified atom stereocenters. The van der Waals surface area contributed by atoms with Crippen LogP contribution < -0.4 is 15.2 Å². The van der Waals surface area contributed by atoms with Gasteiger partial charge in [0.2, 0.25) is 0 Å². The number of amides is 1. The highest BCUT2D eigenvalue weighted by molar-refractivity contribution is 7.44. The molecule has 0 spiro atoms. The smallest absolute Gasteiger partial charge is 0.293 e. The van der Waals surface area contributed by atoms with E-state index >= 15 is 0 Å². The summed E-state index contributed by atoms with van der Waals surface area (Å²) in [5.74, 6) is 1.21. The molecule has 1 aromatic rings. The summed E-state index contributed by atoms with van der Waals surface area (Å²) in [6, 6.07) is 2.88. The third kappa shape index (κ3) is 3.63. The molecule has 0 aliphatic carbocycles. The Hall–Kier alpha value is -1.83. The molecule has 5 atom stereocenters. The van der Waals surface area contributed by atoms with Crippen molar-refractivity contribution in [3.63, 3.8) is 0 Å². The molecule has 2 heterocycles. The number of aromatic nitrogens is 1. The molecule has 1 saturated heterocycles. The van der Waals surface area contributed by atoms with Gasteiger partial charge in [-0.15, -0.1) is 6.42 Å². The molecule has 1 aromatic heterocycles. The van der Waals surface area contributed by atoms with E-state index in [0.717, 1.165) is 0 Å². The van der Waals surface area contributed by atoms with E-state index in [-0.39, 0.29) is 5.56 Å². The average Bonchev–Trinajstić information content (AvgIpc) is 2.77. The lowest BCUT2D eigenvalue weighted by atomic mass is 9.93. The molecule has 1 fully saturated rings. The molecule has 10 nitrogen and oxygen atoms in total. The summed E-state index contributed by atoms with van der Waals surface area (Å²) < 4.78 is 21.5. The monoisotopic (exact) mass is 358 g/mol. The van der Waals surface area contributed by atoms with Crippen molar-refractivity contribution in [1.82, 2.24) is 0 Å². The van der Waals surface area contributed by atoms with E-state index < -0.39 is 44.4 Å². The van der Waals surface area contributed by atoms with Gasteiger partial charge >= 0.3 is 0 Å². The van der Waals surface area contributed by atoms with Crippen LogP contribution >= 0.6 is 7.82 Å². The average molecular weight is 358 g/mol. The number of hydrogen-bond donors (Lipinski definition) is 4. The zero-order chi connectivity index (χ0) is 18.1. The Labute approximate surface area is 136 Å². The fourth-order valence-corrected chi connectivity index (χ4v) is 2.61. The fourth-order valence-electron chi connectivity index (χ4n) is 2.29. The van der Waals surface area contributed by atoms with E-state index in [2.05, 4.69) is 4.52 Å². The molecule has 0 radical (unpaired) electrons. The number of carbonyl (C=O) groups is 1. The number of primary amides is 1. The predicted molar refractivity (Wildman–Crippen MR) is 74.6 cm³/mol. The Morgan fingerprint density at radius 2 is 2.33 bits per heavy atom. The number of phosphoric acid groups is 1. The first-order chi connectivity index (χ1) is 11.1. The Morgan fingerprint density at radius 1 is 1.67 bits per heavy atom. The molecule has 1 aliphatic rings. The van der Waals surface area contributed by atoms with Crippen LogP contribution in [0, 0.1) is 12.3 Å². The van der Waals surface area contributed by atoms with Gasteiger partial charge in [0.05, 0.1) is 6.61 Å². The summed E-state index contributed by atoms with van der Waals surface area (Å²) in [5, 5.41) is 20.6. The van der Waals surface area contributed by atoms with E-state index in [1.165, 1.54) is 29.1 Å². The van der Waals surface area contributed by atoms with E-state index in [0.29, 0.717) is 0 Å². The summed E-state index contributed by atoms with van der Waals surface area (Å²) >= 11 is 0. The van der Waals surface area contributed by atoms with Crippen LogP contribution in [0.3, 0.4) is 0 Å². The Morgan fingerprint density at radius 3 is 2.88 bits per heavy atom. The molecule has 1 amide bonds. The number of phosphoric ester groups is 1. The minimum Gasteiger partial charge on any atom is -0.756 e. The molecule has 0 aromatic carbocycles. The zero-order valence-electron chi connectivity index (χ0n) is 12.2. The normalized spacial score (nSPS) is 32.0. The van der Waals surface area contributed by atoms with Crippen molar-refractivity contribution in [2.24, 2.45) is 5.73 Å². The number of terminal acetylenes is 1. The Balaban J connectivity index is 2.30. The lowest BCUT2D eigenvalue weighted by Gasteiger charge is -2.25. The van der Waals surface area contributed by atoms with Crippen molar-refractivity contribution in [1.29, 1.82) is 0 Å². The van der Waals surface area contributed by atoms with Gasteiger partial charge in [-0.1, -0.05) is 5.92 Å². The lowest BCUT2D eigenvalue weighted by Crippen LogP contribution is -2.51. The minimum atomic E-state index is -5.08. The highest BCUT2D eigenvalue weighted by Crippen LogP contribution is 2.38. The highest BCUT2D eigenvalue weighted by atomic mass is 31.2. The number of aliphatic hydroxyl groups excluding tert-OH is 1. The van der Waals surface area contributed by atoms with Gasteiger partial charge in [0.25, 0.3) is 20.0 Å². The maximum absolute atomic E-state index is 11.2. The van der Waals surface area contributed by atoms with Crippen LogP contribution in [0.15, 0.2) is 24.5 Å². The first-order valence-corrected chi connectivity index (χ1v) is 8.10. The largest absolute Gasteiger partial charge is 0.756 e. The summed E-state index contributed by atoms with van der Waals surface area (Å²) in [6.07, 6.45) is 3.53. The van der Waals surface area contributed by atoms with Gasteiger partial charge in [-0.2, -0.15) is 4.57 Å². The SMILES string of the molecule is C#C[C@@]1(O)[C@@H](COP(=O)([O-])O)O[C@@H]([n+]2cccc(C(N)=O)c2)[C@@H]1O. The molecular formula is C13H15N2O8P. The second kappa shape index (κ2) is 6.58. The predicted octanol–water partition coefficient (Wildman–Crippen LogP) is -2.83. The summed E-state index contributed by atoms with van der Waals surface area (Å²) in [6.45, 7) is -0.818. The molecule has 11 heteroatoms. The van der Waals surface area contributed by atoms with Gasteiger partial charge in [0.1, 0.15) is 11.7 Å². The van der Waals surface area contributed by atoms with Gasteiger partial charge in [-0.3, -0.25) is 9.36 Å². The molecule has 130 valence electrons. The first-order valence-electron chi connectivity index (χ1n) is 6.61. The molecule has 1 aliphatic heterocycles. The third-order valence-electron chi connectivity index (χ3n) is 3.54. The summed E-state index contributed by atoms with van der Waals surface area (Å²) in [7, 11) is -5.08. The molecule has 2 rings (SSSR count). The number of nitrogens with two attached hydrogens (primary N) is 1. The van der Waals surface area contributed by atoms with E-state index in [4.69, 9.17) is 21.8 Å². The number of pyridine rings is 1. The fraction of sp³-hybridized carbons (Fsp3) is 0.385. The Bertz CT molecular complexity index is 729. The standard InChI is InChI=1S/C13H15N2O8P/c1-2-13(18)9(7-22-24(19,20)21)23-12(10(13)16)15-5-3-4-8(6-15)11(14)17/h1,3-6,9-10,12,16,18H,7H2,(H3-,14,17,19,20,21)/t9-,10+,12-,13-/m1/s1. The summed E-state index contributed by atoms with van der Waals surface area (Å²) in [4.78, 5) is 30.6. The minimum absolute atomic E-state index is 0.108. The maximum Gasteiger partial charge on any atom is 0.293 e. The molecular weight excluding hydrogens is 343 g/mol. The van der Waals surface area contributed by atoms with Crippen LogP contribution in [0.1, 0.15) is 16.6 Å². The number of aliphatic hydroxyl groups is 2. The Kier molecular flexibility index (Phi) is 5.08. The van der Waals surface area contributed by atoms with Crippen LogP contribution in [-0.2, 0) is 13.8 Å². The van der Waals surface area contributed by atoms with Crippen molar-refractivity contribution in [3.05, 3.63) is 30.1 Å². The lowest BCUT2D eigenvalue weighted by molar-refractivity contribution is -0.766. The van der Waals surface area contributed by atoms with Crippen LogP contribution in [0.4, 0.5) is 0 Å². The number of ether oxygens (including phenoxy) is 1. The van der Waals surface area contributed by atoms with Crippen molar-refractivity contribution in [3.8, 4) is 12.3 Å². The first kappa shape index (κ1) is 18.5. The van der Waals surface area contributed by atoms with E-state index in [9.17, 15) is 24.5 Å². The maximum atomic E-state index is 11.2. The van der Waals surface area contributed by atoms with Gasteiger partial charge in [0.15, 0.2) is 24.1 Å². The second-order valence-corrected chi connectivity index (χ2v) is 6.29. The quantitative estimate of drug-likeness (QED) is 0.248.